The van der Waals surface area contributed by atoms with Crippen molar-refractivity contribution in [3.63, 3.8) is 0 Å². The molecule has 1 unspecified atom stereocenters. The Balaban J connectivity index is 2.46. The lowest BCUT2D eigenvalue weighted by Crippen LogP contribution is -2.21. The molecule has 0 bridgehead atoms. The first-order valence-electron chi connectivity index (χ1n) is 5.29. The maximum Gasteiger partial charge on any atom is 0.0250 e. The molecule has 0 radical (unpaired) electrons. The van der Waals surface area contributed by atoms with Gasteiger partial charge in [-0.1, -0.05) is 31.4 Å². The third-order valence-electron chi connectivity index (χ3n) is 2.74. The third-order valence-corrected chi connectivity index (χ3v) is 2.74. The smallest absolute Gasteiger partial charge is 0.0250 e. The van der Waals surface area contributed by atoms with E-state index in [0.29, 0.717) is 6.04 Å². The van der Waals surface area contributed by atoms with Crippen molar-refractivity contribution in [3.8, 4) is 0 Å². The average Bonchev–Trinajstić information content (AvgIpc) is 2.02. The van der Waals surface area contributed by atoms with Gasteiger partial charge in [0, 0.05) is 6.04 Å². The fourth-order valence-electron chi connectivity index (χ4n) is 1.82. The Kier molecular flexibility index (Phi) is 4.37. The van der Waals surface area contributed by atoms with Crippen molar-refractivity contribution in [1.82, 2.24) is 0 Å². The van der Waals surface area contributed by atoms with Gasteiger partial charge in [-0.3, -0.25) is 0 Å². The van der Waals surface area contributed by atoms with Crippen LogP contribution in [0.2, 0.25) is 0 Å². The molecule has 1 aliphatic carbocycles. The van der Waals surface area contributed by atoms with E-state index in [2.05, 4.69) is 13.0 Å². The SMILES string of the molecule is CCC(N)C1=CCCCCCC1. The minimum atomic E-state index is 0.336. The van der Waals surface area contributed by atoms with E-state index in [9.17, 15) is 0 Å². The van der Waals surface area contributed by atoms with Gasteiger partial charge in [-0.25, -0.2) is 0 Å². The molecule has 1 nitrogen and oxygen atoms in total. The summed E-state index contributed by atoms with van der Waals surface area (Å²) in [7, 11) is 0. The van der Waals surface area contributed by atoms with Gasteiger partial charge in [-0.05, 0) is 32.1 Å². The van der Waals surface area contributed by atoms with Crippen LogP contribution >= 0.6 is 0 Å². The van der Waals surface area contributed by atoms with Gasteiger partial charge in [0.2, 0.25) is 0 Å². The second kappa shape index (κ2) is 5.36. The van der Waals surface area contributed by atoms with Gasteiger partial charge in [0.05, 0.1) is 0 Å². The second-order valence-corrected chi connectivity index (χ2v) is 3.75. The summed E-state index contributed by atoms with van der Waals surface area (Å²) in [6, 6.07) is 0.336. The zero-order chi connectivity index (χ0) is 8.81. The van der Waals surface area contributed by atoms with Gasteiger partial charge in [-0.2, -0.15) is 0 Å². The maximum absolute atomic E-state index is 6.00. The molecule has 0 aromatic rings. The zero-order valence-electron chi connectivity index (χ0n) is 8.18. The summed E-state index contributed by atoms with van der Waals surface area (Å²) in [6.07, 6.45) is 11.5. The van der Waals surface area contributed by atoms with Crippen LogP contribution in [-0.4, -0.2) is 6.04 Å². The number of hydrogen-bond donors (Lipinski definition) is 1. The van der Waals surface area contributed by atoms with Crippen LogP contribution < -0.4 is 5.73 Å². The summed E-state index contributed by atoms with van der Waals surface area (Å²) >= 11 is 0. The molecule has 2 N–H and O–H groups in total. The highest BCUT2D eigenvalue weighted by Gasteiger charge is 2.07. The first kappa shape index (κ1) is 9.79. The predicted octanol–water partition coefficient (Wildman–Crippen LogP) is 3.00. The van der Waals surface area contributed by atoms with Crippen molar-refractivity contribution in [2.75, 3.05) is 0 Å². The Morgan fingerprint density at radius 3 is 2.83 bits per heavy atom. The number of rotatable bonds is 2. The van der Waals surface area contributed by atoms with Gasteiger partial charge < -0.3 is 5.73 Å². The molecule has 0 aliphatic heterocycles. The fourth-order valence-corrected chi connectivity index (χ4v) is 1.82. The van der Waals surface area contributed by atoms with Crippen molar-refractivity contribution in [2.24, 2.45) is 5.73 Å². The van der Waals surface area contributed by atoms with E-state index in [1.165, 1.54) is 44.1 Å². The van der Waals surface area contributed by atoms with E-state index in [-0.39, 0.29) is 0 Å². The molecule has 1 aliphatic rings. The lowest BCUT2D eigenvalue weighted by Gasteiger charge is -2.16. The first-order chi connectivity index (χ1) is 5.84. The molecule has 0 saturated heterocycles. The van der Waals surface area contributed by atoms with Crippen LogP contribution in [0.3, 0.4) is 0 Å². The lowest BCUT2D eigenvalue weighted by molar-refractivity contribution is 0.591. The van der Waals surface area contributed by atoms with E-state index >= 15 is 0 Å². The molecule has 0 saturated carbocycles. The molecular weight excluding hydrogens is 146 g/mol. The molecule has 0 aromatic carbocycles. The molecule has 12 heavy (non-hydrogen) atoms. The molecular formula is C11H21N. The van der Waals surface area contributed by atoms with Crippen molar-refractivity contribution in [2.45, 2.75) is 57.9 Å². The zero-order valence-corrected chi connectivity index (χ0v) is 8.18. The van der Waals surface area contributed by atoms with Crippen LogP contribution in [0.15, 0.2) is 11.6 Å². The molecule has 1 atom stereocenters. The van der Waals surface area contributed by atoms with Crippen molar-refractivity contribution in [3.05, 3.63) is 11.6 Å². The third kappa shape index (κ3) is 2.98. The Morgan fingerprint density at radius 1 is 1.33 bits per heavy atom. The highest BCUT2D eigenvalue weighted by atomic mass is 14.6. The van der Waals surface area contributed by atoms with Crippen LogP contribution in [0, 0.1) is 0 Å². The Morgan fingerprint density at radius 2 is 2.08 bits per heavy atom. The van der Waals surface area contributed by atoms with E-state index in [4.69, 9.17) is 5.73 Å². The van der Waals surface area contributed by atoms with Crippen LogP contribution in [0.1, 0.15) is 51.9 Å². The van der Waals surface area contributed by atoms with Crippen molar-refractivity contribution in [1.29, 1.82) is 0 Å². The van der Waals surface area contributed by atoms with Gasteiger partial charge in [0.15, 0.2) is 0 Å². The maximum atomic E-state index is 6.00. The molecule has 1 heteroatoms. The standard InChI is InChI=1S/C11H21N/c1-2-11(12)10-8-6-4-3-5-7-9-10/h8,11H,2-7,9,12H2,1H3. The largest absolute Gasteiger partial charge is 0.324 e. The highest BCUT2D eigenvalue weighted by Crippen LogP contribution is 2.19. The topological polar surface area (TPSA) is 26.0 Å². The molecule has 0 spiro atoms. The van der Waals surface area contributed by atoms with Gasteiger partial charge >= 0.3 is 0 Å². The Hall–Kier alpha value is -0.300. The molecule has 1 rings (SSSR count). The first-order valence-corrected chi connectivity index (χ1v) is 5.29. The predicted molar refractivity (Wildman–Crippen MR) is 54.1 cm³/mol. The Bertz CT molecular complexity index is 149. The quantitative estimate of drug-likeness (QED) is 0.629. The summed E-state index contributed by atoms with van der Waals surface area (Å²) in [5.74, 6) is 0. The van der Waals surface area contributed by atoms with E-state index in [1.54, 1.807) is 0 Å². The van der Waals surface area contributed by atoms with Crippen LogP contribution in [0.25, 0.3) is 0 Å². The number of nitrogens with two attached hydrogens (primary N) is 1. The minimum Gasteiger partial charge on any atom is -0.324 e. The summed E-state index contributed by atoms with van der Waals surface area (Å²) < 4.78 is 0. The number of allylic oxidation sites excluding steroid dienone is 1. The summed E-state index contributed by atoms with van der Waals surface area (Å²) in [5, 5.41) is 0. The molecule has 0 amide bonds. The van der Waals surface area contributed by atoms with Crippen molar-refractivity contribution >= 4 is 0 Å². The molecule has 0 aromatic heterocycles. The van der Waals surface area contributed by atoms with E-state index < -0.39 is 0 Å². The van der Waals surface area contributed by atoms with E-state index in [0.717, 1.165) is 6.42 Å². The summed E-state index contributed by atoms with van der Waals surface area (Å²) in [6.45, 7) is 2.17. The summed E-state index contributed by atoms with van der Waals surface area (Å²) in [5.41, 5.74) is 7.51. The average molecular weight is 167 g/mol. The Labute approximate surface area is 76.0 Å². The van der Waals surface area contributed by atoms with Crippen molar-refractivity contribution < 1.29 is 0 Å². The van der Waals surface area contributed by atoms with Gasteiger partial charge in [0.1, 0.15) is 0 Å². The molecule has 0 heterocycles. The van der Waals surface area contributed by atoms with Crippen LogP contribution in [0.5, 0.6) is 0 Å². The second-order valence-electron chi connectivity index (χ2n) is 3.75. The highest BCUT2D eigenvalue weighted by molar-refractivity contribution is 5.10. The van der Waals surface area contributed by atoms with Crippen LogP contribution in [0.4, 0.5) is 0 Å². The van der Waals surface area contributed by atoms with Gasteiger partial charge in [0.25, 0.3) is 0 Å². The number of hydrogen-bond acceptors (Lipinski definition) is 1. The van der Waals surface area contributed by atoms with Crippen LogP contribution in [-0.2, 0) is 0 Å². The molecule has 70 valence electrons. The monoisotopic (exact) mass is 167 g/mol. The van der Waals surface area contributed by atoms with Gasteiger partial charge in [-0.15, -0.1) is 0 Å². The lowest BCUT2D eigenvalue weighted by atomic mass is 9.94. The fraction of sp³-hybridized carbons (Fsp3) is 0.818. The van der Waals surface area contributed by atoms with E-state index in [1.807, 2.05) is 0 Å². The minimum absolute atomic E-state index is 0.336. The summed E-state index contributed by atoms with van der Waals surface area (Å²) in [4.78, 5) is 0. The normalized spacial score (nSPS) is 22.3. The molecule has 0 fully saturated rings.